The molecule has 2 aliphatic heterocycles. The Kier molecular flexibility index (Phi) is 8.21. The maximum absolute atomic E-state index is 5.77. The van der Waals surface area contributed by atoms with Gasteiger partial charge in [0, 0.05) is 26.2 Å². The normalized spacial score (nSPS) is 18.6. The lowest BCUT2D eigenvalue weighted by Crippen LogP contribution is -2.45. The van der Waals surface area contributed by atoms with Crippen LogP contribution in [0.2, 0.25) is 0 Å². The number of benzene rings is 1. The number of rotatable bonds is 6. The van der Waals surface area contributed by atoms with E-state index < -0.39 is 0 Å². The first-order valence-electron chi connectivity index (χ1n) is 12.5. The number of aromatic nitrogens is 1. The number of aryl methyl sites for hydroxylation is 2. The van der Waals surface area contributed by atoms with E-state index >= 15 is 0 Å². The van der Waals surface area contributed by atoms with Gasteiger partial charge in [-0.3, -0.25) is 9.89 Å². The second-order valence-electron chi connectivity index (χ2n) is 9.36. The van der Waals surface area contributed by atoms with E-state index in [1.165, 1.54) is 24.0 Å². The molecule has 2 aromatic rings. The van der Waals surface area contributed by atoms with E-state index in [4.69, 9.17) is 9.41 Å². The number of nitrogens with zero attached hydrogens (tertiary/aromatic N) is 4. The van der Waals surface area contributed by atoms with Crippen molar-refractivity contribution in [2.75, 3.05) is 39.3 Å². The van der Waals surface area contributed by atoms with Gasteiger partial charge < -0.3 is 14.6 Å². The molecular weight excluding hydrogens is 410 g/mol. The van der Waals surface area contributed by atoms with Crippen molar-refractivity contribution < 1.29 is 4.42 Å². The smallest absolute Gasteiger partial charge is 0.208 e. The van der Waals surface area contributed by atoms with E-state index in [9.17, 15) is 0 Å². The fourth-order valence-corrected chi connectivity index (χ4v) is 4.70. The summed E-state index contributed by atoms with van der Waals surface area (Å²) >= 11 is 0. The number of piperidine rings is 2. The van der Waals surface area contributed by atoms with E-state index in [1.807, 2.05) is 13.8 Å². The molecule has 6 heteroatoms. The zero-order chi connectivity index (χ0) is 23.0. The fourth-order valence-electron chi connectivity index (χ4n) is 4.70. The Bertz CT molecular complexity index is 911. The van der Waals surface area contributed by atoms with E-state index in [1.54, 1.807) is 0 Å². The SMILES string of the molecule is CCNC(=NCC1CCN(Cc2nc(C)c(C)o2)CC1)N1CCC(=Cc2ccccc2)CC1. The molecule has 1 aromatic heterocycles. The largest absolute Gasteiger partial charge is 0.444 e. The van der Waals surface area contributed by atoms with Crippen molar-refractivity contribution in [3.63, 3.8) is 0 Å². The third-order valence-corrected chi connectivity index (χ3v) is 6.85. The number of hydrogen-bond donors (Lipinski definition) is 1. The van der Waals surface area contributed by atoms with Crippen LogP contribution in [0.15, 0.2) is 45.3 Å². The summed E-state index contributed by atoms with van der Waals surface area (Å²) < 4.78 is 5.77. The molecule has 0 bridgehead atoms. The monoisotopic (exact) mass is 449 g/mol. The minimum absolute atomic E-state index is 0.654. The molecule has 3 heterocycles. The van der Waals surface area contributed by atoms with Gasteiger partial charge in [-0.2, -0.15) is 0 Å². The van der Waals surface area contributed by atoms with Crippen molar-refractivity contribution >= 4 is 12.0 Å². The summed E-state index contributed by atoms with van der Waals surface area (Å²) in [4.78, 5) is 14.5. The van der Waals surface area contributed by atoms with Gasteiger partial charge >= 0.3 is 0 Å². The van der Waals surface area contributed by atoms with E-state index in [2.05, 4.69) is 63.4 Å². The van der Waals surface area contributed by atoms with Gasteiger partial charge in [-0.15, -0.1) is 0 Å². The topological polar surface area (TPSA) is 56.9 Å². The van der Waals surface area contributed by atoms with E-state index in [0.717, 1.165) is 82.0 Å². The molecule has 1 aromatic carbocycles. The molecule has 0 unspecified atom stereocenters. The average molecular weight is 450 g/mol. The minimum Gasteiger partial charge on any atom is -0.444 e. The second kappa shape index (κ2) is 11.5. The zero-order valence-corrected chi connectivity index (χ0v) is 20.5. The van der Waals surface area contributed by atoms with Crippen LogP contribution < -0.4 is 5.32 Å². The third-order valence-electron chi connectivity index (χ3n) is 6.85. The molecule has 6 nitrogen and oxygen atoms in total. The van der Waals surface area contributed by atoms with Crippen molar-refractivity contribution in [1.82, 2.24) is 20.1 Å². The highest BCUT2D eigenvalue weighted by Crippen LogP contribution is 2.22. The van der Waals surface area contributed by atoms with Crippen LogP contribution in [-0.4, -0.2) is 60.0 Å². The molecule has 2 saturated heterocycles. The molecule has 4 rings (SSSR count). The molecule has 0 aliphatic carbocycles. The molecule has 33 heavy (non-hydrogen) atoms. The van der Waals surface area contributed by atoms with Crippen LogP contribution in [0.5, 0.6) is 0 Å². The number of oxazole rings is 1. The number of guanidine groups is 1. The molecule has 0 radical (unpaired) electrons. The van der Waals surface area contributed by atoms with Crippen molar-refractivity contribution in [3.05, 3.63) is 58.8 Å². The van der Waals surface area contributed by atoms with Crippen molar-refractivity contribution in [2.24, 2.45) is 10.9 Å². The van der Waals surface area contributed by atoms with Gasteiger partial charge in [-0.1, -0.05) is 42.0 Å². The van der Waals surface area contributed by atoms with Crippen molar-refractivity contribution in [2.45, 2.75) is 53.0 Å². The van der Waals surface area contributed by atoms with Crippen molar-refractivity contribution in [1.29, 1.82) is 0 Å². The summed E-state index contributed by atoms with van der Waals surface area (Å²) in [5.41, 5.74) is 3.85. The van der Waals surface area contributed by atoms with Gasteiger partial charge in [0.1, 0.15) is 5.76 Å². The maximum Gasteiger partial charge on any atom is 0.208 e. The lowest BCUT2D eigenvalue weighted by atomic mass is 9.97. The molecule has 178 valence electrons. The van der Waals surface area contributed by atoms with Crippen molar-refractivity contribution in [3.8, 4) is 0 Å². The molecule has 0 atom stereocenters. The molecule has 0 amide bonds. The molecule has 2 fully saturated rings. The quantitative estimate of drug-likeness (QED) is 0.514. The predicted molar refractivity (Wildman–Crippen MR) is 135 cm³/mol. The van der Waals surface area contributed by atoms with Gasteiger partial charge in [0.2, 0.25) is 5.89 Å². The zero-order valence-electron chi connectivity index (χ0n) is 20.5. The second-order valence-corrected chi connectivity index (χ2v) is 9.36. The molecule has 2 aliphatic rings. The Morgan fingerprint density at radius 2 is 1.85 bits per heavy atom. The van der Waals surface area contributed by atoms with Crippen LogP contribution in [0, 0.1) is 19.8 Å². The van der Waals surface area contributed by atoms with Gasteiger partial charge in [-0.25, -0.2) is 4.98 Å². The lowest BCUT2D eigenvalue weighted by Gasteiger charge is -2.33. The average Bonchev–Trinajstić information content (AvgIpc) is 3.15. The first-order chi connectivity index (χ1) is 16.1. The third kappa shape index (κ3) is 6.70. The highest BCUT2D eigenvalue weighted by molar-refractivity contribution is 5.80. The molecular formula is C27H39N5O. The highest BCUT2D eigenvalue weighted by atomic mass is 16.4. The summed E-state index contributed by atoms with van der Waals surface area (Å²) in [6.45, 7) is 13.1. The Morgan fingerprint density at radius 3 is 2.48 bits per heavy atom. The van der Waals surface area contributed by atoms with Crippen LogP contribution in [0.3, 0.4) is 0 Å². The summed E-state index contributed by atoms with van der Waals surface area (Å²) in [5.74, 6) is 3.53. The Balaban J connectivity index is 1.25. The molecule has 0 spiro atoms. The highest BCUT2D eigenvalue weighted by Gasteiger charge is 2.22. The first-order valence-corrected chi connectivity index (χ1v) is 12.5. The standard InChI is InChI=1S/C27H39N5O/c1-4-28-27(32-16-12-24(13-17-32)18-23-8-6-5-7-9-23)29-19-25-10-14-31(15-11-25)20-26-30-21(2)22(3)33-26/h5-9,18,25H,4,10-17,19-20H2,1-3H3,(H,28,29). The lowest BCUT2D eigenvalue weighted by molar-refractivity contribution is 0.166. The first kappa shape index (κ1) is 23.6. The molecule has 1 N–H and O–H groups in total. The number of likely N-dealkylation sites (tertiary alicyclic amines) is 2. The predicted octanol–water partition coefficient (Wildman–Crippen LogP) is 4.65. The number of nitrogens with one attached hydrogen (secondary N) is 1. The van der Waals surface area contributed by atoms with Gasteiger partial charge in [-0.05, 0) is 71.0 Å². The van der Waals surface area contributed by atoms with Gasteiger partial charge in [0.05, 0.1) is 12.2 Å². The van der Waals surface area contributed by atoms with E-state index in [-0.39, 0.29) is 0 Å². The van der Waals surface area contributed by atoms with E-state index in [0.29, 0.717) is 5.92 Å². The summed E-state index contributed by atoms with van der Waals surface area (Å²) in [7, 11) is 0. The Morgan fingerprint density at radius 1 is 1.12 bits per heavy atom. The minimum atomic E-state index is 0.654. The summed E-state index contributed by atoms with van der Waals surface area (Å²) in [6, 6.07) is 10.7. The number of hydrogen-bond acceptors (Lipinski definition) is 4. The number of aliphatic imine (C=N–C) groups is 1. The van der Waals surface area contributed by atoms with Crippen LogP contribution in [0.25, 0.3) is 6.08 Å². The van der Waals surface area contributed by atoms with Crippen LogP contribution >= 0.6 is 0 Å². The maximum atomic E-state index is 5.77. The van der Waals surface area contributed by atoms with Gasteiger partial charge in [0.15, 0.2) is 5.96 Å². The summed E-state index contributed by atoms with van der Waals surface area (Å²) in [6.07, 6.45) is 6.95. The van der Waals surface area contributed by atoms with Crippen LogP contribution in [0.4, 0.5) is 0 Å². The fraction of sp³-hybridized carbons (Fsp3) is 0.556. The Hall–Kier alpha value is -2.60. The van der Waals surface area contributed by atoms with Gasteiger partial charge in [0.25, 0.3) is 0 Å². The van der Waals surface area contributed by atoms with Crippen LogP contribution in [-0.2, 0) is 6.54 Å². The van der Waals surface area contributed by atoms with Crippen LogP contribution in [0.1, 0.15) is 55.5 Å². The summed E-state index contributed by atoms with van der Waals surface area (Å²) in [5, 5.41) is 3.53. The molecule has 0 saturated carbocycles. The Labute approximate surface area is 198 Å².